The third-order valence-corrected chi connectivity index (χ3v) is 2.11. The smallest absolute Gasteiger partial charge is 0.497 e. The van der Waals surface area contributed by atoms with Crippen molar-refractivity contribution < 1.29 is 18.9 Å². The molecule has 0 spiro atoms. The average Bonchev–Trinajstić information content (AvgIpc) is 2.03. The molecule has 0 heterocycles. The molecule has 0 unspecified atom stereocenters. The van der Waals surface area contributed by atoms with Crippen LogP contribution in [0, 0.1) is 6.08 Å². The normalized spacial score (nSPS) is 17.0. The van der Waals surface area contributed by atoms with E-state index in [1.54, 1.807) is 5.57 Å². The molecule has 1 heteroatoms. The Morgan fingerprint density at radius 1 is 1.36 bits per heavy atom. The predicted octanol–water partition coefficient (Wildman–Crippen LogP) is 0.484. The number of unbranched alkanes of at least 4 members (excludes halogenated alkanes) is 1. The van der Waals surface area contributed by atoms with E-state index < -0.39 is 0 Å². The van der Waals surface area contributed by atoms with Crippen molar-refractivity contribution in [3.05, 3.63) is 11.6 Å². The topological polar surface area (TPSA) is 0 Å². The standard InChI is InChI=1S/C10H17.Li/c1-2-3-7-10-8-5-4-6-9-10;/h2-8H2,1H3;/q-1;+1. The summed E-state index contributed by atoms with van der Waals surface area (Å²) in [6, 6.07) is 0. The van der Waals surface area contributed by atoms with Crippen molar-refractivity contribution in [3.8, 4) is 0 Å². The van der Waals surface area contributed by atoms with Crippen LogP contribution in [-0.2, 0) is 0 Å². The third kappa shape index (κ3) is 4.72. The van der Waals surface area contributed by atoms with Crippen molar-refractivity contribution in [1.29, 1.82) is 0 Å². The van der Waals surface area contributed by atoms with Gasteiger partial charge in [0.15, 0.2) is 0 Å². The second-order valence-electron chi connectivity index (χ2n) is 3.09. The first-order valence-electron chi connectivity index (χ1n) is 4.52. The molecule has 0 saturated carbocycles. The van der Waals surface area contributed by atoms with Gasteiger partial charge in [-0.3, -0.25) is 5.57 Å². The van der Waals surface area contributed by atoms with Gasteiger partial charge in [-0.25, -0.2) is 0 Å². The van der Waals surface area contributed by atoms with Crippen LogP contribution in [-0.4, -0.2) is 0 Å². The summed E-state index contributed by atoms with van der Waals surface area (Å²) in [5, 5.41) is 0. The van der Waals surface area contributed by atoms with Crippen LogP contribution in [0.3, 0.4) is 0 Å². The van der Waals surface area contributed by atoms with Crippen molar-refractivity contribution in [2.45, 2.75) is 51.9 Å². The van der Waals surface area contributed by atoms with Gasteiger partial charge in [0.2, 0.25) is 0 Å². The van der Waals surface area contributed by atoms with E-state index in [-0.39, 0.29) is 18.9 Å². The van der Waals surface area contributed by atoms with Gasteiger partial charge in [-0.05, 0) is 0 Å². The first kappa shape index (κ1) is 11.3. The molecule has 0 fully saturated rings. The molecule has 0 N–H and O–H groups in total. The SMILES string of the molecule is CCCCC1=[C-]CCCC1.[Li+]. The Balaban J connectivity index is 0.000001000. The largest absolute Gasteiger partial charge is 1.00 e. The Bertz CT molecular complexity index is 116. The van der Waals surface area contributed by atoms with Crippen molar-refractivity contribution >= 4 is 0 Å². The molecule has 11 heavy (non-hydrogen) atoms. The molecule has 0 amide bonds. The Morgan fingerprint density at radius 3 is 2.73 bits per heavy atom. The van der Waals surface area contributed by atoms with E-state index in [0.717, 1.165) is 0 Å². The van der Waals surface area contributed by atoms with Crippen molar-refractivity contribution in [2.24, 2.45) is 0 Å². The summed E-state index contributed by atoms with van der Waals surface area (Å²) in [4.78, 5) is 0. The minimum absolute atomic E-state index is 0. The third-order valence-electron chi connectivity index (χ3n) is 2.11. The van der Waals surface area contributed by atoms with E-state index in [1.165, 1.54) is 44.9 Å². The Kier molecular flexibility index (Phi) is 7.23. The molecular weight excluding hydrogens is 127 g/mol. The summed E-state index contributed by atoms with van der Waals surface area (Å²) in [5.74, 6) is 0. The molecule has 0 nitrogen and oxygen atoms in total. The van der Waals surface area contributed by atoms with Crippen molar-refractivity contribution in [1.82, 2.24) is 0 Å². The zero-order valence-electron chi connectivity index (χ0n) is 7.95. The zero-order valence-corrected chi connectivity index (χ0v) is 7.95. The molecule has 0 atom stereocenters. The first-order chi connectivity index (χ1) is 4.93. The fourth-order valence-corrected chi connectivity index (χ4v) is 1.42. The average molecular weight is 144 g/mol. The molecule has 0 bridgehead atoms. The molecule has 0 saturated heterocycles. The van der Waals surface area contributed by atoms with E-state index in [9.17, 15) is 0 Å². The van der Waals surface area contributed by atoms with Crippen LogP contribution in [0.25, 0.3) is 0 Å². The van der Waals surface area contributed by atoms with Gasteiger partial charge < -0.3 is 6.08 Å². The Labute approximate surface area is 82.6 Å². The van der Waals surface area contributed by atoms with E-state index in [0.29, 0.717) is 0 Å². The first-order valence-corrected chi connectivity index (χ1v) is 4.52. The fourth-order valence-electron chi connectivity index (χ4n) is 1.42. The Morgan fingerprint density at radius 2 is 2.18 bits per heavy atom. The molecule has 0 aliphatic heterocycles. The number of allylic oxidation sites excluding steroid dienone is 2. The Hall–Kier alpha value is 0.337. The van der Waals surface area contributed by atoms with Gasteiger partial charge in [-0.2, -0.15) is 6.42 Å². The van der Waals surface area contributed by atoms with E-state index in [2.05, 4.69) is 13.0 Å². The predicted molar refractivity (Wildman–Crippen MR) is 44.7 cm³/mol. The molecule has 0 aromatic heterocycles. The molecule has 1 aliphatic carbocycles. The maximum Gasteiger partial charge on any atom is 1.00 e. The minimum atomic E-state index is 0. The van der Waals surface area contributed by atoms with Crippen LogP contribution in [0.2, 0.25) is 0 Å². The molecule has 0 radical (unpaired) electrons. The summed E-state index contributed by atoms with van der Waals surface area (Å²) in [6.07, 6.45) is 12.8. The molecule has 0 aromatic rings. The van der Waals surface area contributed by atoms with Crippen LogP contribution >= 0.6 is 0 Å². The van der Waals surface area contributed by atoms with Gasteiger partial charge in [0.1, 0.15) is 0 Å². The summed E-state index contributed by atoms with van der Waals surface area (Å²) >= 11 is 0. The number of rotatable bonds is 3. The van der Waals surface area contributed by atoms with Gasteiger partial charge in [0.05, 0.1) is 0 Å². The van der Waals surface area contributed by atoms with Crippen LogP contribution in [0.5, 0.6) is 0 Å². The monoisotopic (exact) mass is 144 g/mol. The van der Waals surface area contributed by atoms with Gasteiger partial charge in [-0.15, -0.1) is 0 Å². The van der Waals surface area contributed by atoms with E-state index in [1.807, 2.05) is 0 Å². The number of hydrogen-bond acceptors (Lipinski definition) is 0. The van der Waals surface area contributed by atoms with Crippen LogP contribution in [0.15, 0.2) is 5.57 Å². The molecule has 0 aromatic carbocycles. The second-order valence-corrected chi connectivity index (χ2v) is 3.09. The summed E-state index contributed by atoms with van der Waals surface area (Å²) in [7, 11) is 0. The van der Waals surface area contributed by atoms with Crippen LogP contribution in [0.1, 0.15) is 51.9 Å². The van der Waals surface area contributed by atoms with E-state index >= 15 is 0 Å². The molecule has 1 aliphatic rings. The van der Waals surface area contributed by atoms with Gasteiger partial charge in [0.25, 0.3) is 0 Å². The number of hydrogen-bond donors (Lipinski definition) is 0. The quantitative estimate of drug-likeness (QED) is 0.399. The van der Waals surface area contributed by atoms with Crippen molar-refractivity contribution in [3.63, 3.8) is 0 Å². The zero-order chi connectivity index (χ0) is 7.23. The van der Waals surface area contributed by atoms with Gasteiger partial charge >= 0.3 is 18.9 Å². The maximum atomic E-state index is 3.47. The van der Waals surface area contributed by atoms with Gasteiger partial charge in [-0.1, -0.05) is 45.4 Å². The fraction of sp³-hybridized carbons (Fsp3) is 0.800. The molecule has 58 valence electrons. The second kappa shape index (κ2) is 7.01. The van der Waals surface area contributed by atoms with Crippen LogP contribution in [0.4, 0.5) is 0 Å². The minimum Gasteiger partial charge on any atom is -0.497 e. The van der Waals surface area contributed by atoms with Crippen molar-refractivity contribution in [2.75, 3.05) is 0 Å². The summed E-state index contributed by atoms with van der Waals surface area (Å²) in [6.45, 7) is 2.25. The van der Waals surface area contributed by atoms with Gasteiger partial charge in [0, 0.05) is 0 Å². The maximum absolute atomic E-state index is 3.47. The molecule has 1 rings (SSSR count). The summed E-state index contributed by atoms with van der Waals surface area (Å²) < 4.78 is 0. The van der Waals surface area contributed by atoms with Crippen LogP contribution < -0.4 is 18.9 Å². The van der Waals surface area contributed by atoms with E-state index in [4.69, 9.17) is 0 Å². The summed E-state index contributed by atoms with van der Waals surface area (Å²) in [5.41, 5.74) is 1.60. The molecular formula is C10H17Li.